The fraction of sp³-hybridized carbons (Fsp3) is 0.647. The molecule has 3 heterocycles. The fourth-order valence-electron chi connectivity index (χ4n) is 3.13. The van der Waals surface area contributed by atoms with Crippen molar-refractivity contribution < 1.29 is 9.52 Å². The third-order valence-electron chi connectivity index (χ3n) is 4.29. The Morgan fingerprint density at radius 2 is 2.04 bits per heavy atom. The Morgan fingerprint density at radius 1 is 1.30 bits per heavy atom. The standard InChI is InChI=1S/C17H26N4O2/c1-13(20-9-5-4-6-10-20)16-18-15(14-8-7-11-23-14)19-21(16)12-17(2,3)22/h7-8,11,13,22H,4-6,9-10,12H2,1-3H3. The SMILES string of the molecule is CC(c1nc(-c2ccco2)nn1CC(C)(C)O)N1CCCCC1. The first-order chi connectivity index (χ1) is 10.9. The van der Waals surface area contributed by atoms with Crippen LogP contribution in [0.1, 0.15) is 51.9 Å². The minimum Gasteiger partial charge on any atom is -0.461 e. The van der Waals surface area contributed by atoms with E-state index in [1.165, 1.54) is 19.3 Å². The van der Waals surface area contributed by atoms with Crippen molar-refractivity contribution in [1.29, 1.82) is 0 Å². The fourth-order valence-corrected chi connectivity index (χ4v) is 3.13. The van der Waals surface area contributed by atoms with E-state index in [1.807, 2.05) is 16.8 Å². The Bertz CT molecular complexity index is 622. The van der Waals surface area contributed by atoms with E-state index in [9.17, 15) is 5.11 Å². The molecule has 23 heavy (non-hydrogen) atoms. The second kappa shape index (κ2) is 6.45. The molecule has 6 heteroatoms. The molecule has 1 atom stereocenters. The molecule has 0 radical (unpaired) electrons. The van der Waals surface area contributed by atoms with Crippen molar-refractivity contribution in [3.05, 3.63) is 24.2 Å². The van der Waals surface area contributed by atoms with Crippen LogP contribution >= 0.6 is 0 Å². The van der Waals surface area contributed by atoms with Gasteiger partial charge in [-0.25, -0.2) is 9.67 Å². The molecule has 1 aliphatic heterocycles. The highest BCUT2D eigenvalue weighted by atomic mass is 16.3. The molecule has 1 unspecified atom stereocenters. The third-order valence-corrected chi connectivity index (χ3v) is 4.29. The molecule has 0 aliphatic carbocycles. The summed E-state index contributed by atoms with van der Waals surface area (Å²) >= 11 is 0. The number of aliphatic hydroxyl groups is 1. The molecule has 1 N–H and O–H groups in total. The van der Waals surface area contributed by atoms with Crippen LogP contribution in [0.3, 0.4) is 0 Å². The van der Waals surface area contributed by atoms with E-state index in [2.05, 4.69) is 16.9 Å². The Balaban J connectivity index is 1.92. The molecule has 6 nitrogen and oxygen atoms in total. The maximum Gasteiger partial charge on any atom is 0.217 e. The normalized spacial score (nSPS) is 18.3. The molecule has 0 aromatic carbocycles. The van der Waals surface area contributed by atoms with E-state index >= 15 is 0 Å². The summed E-state index contributed by atoms with van der Waals surface area (Å²) in [5, 5.41) is 14.8. The quantitative estimate of drug-likeness (QED) is 0.918. The molecule has 2 aromatic rings. The van der Waals surface area contributed by atoms with Gasteiger partial charge in [0.05, 0.1) is 24.5 Å². The maximum absolute atomic E-state index is 10.2. The van der Waals surface area contributed by atoms with Gasteiger partial charge in [0, 0.05) is 0 Å². The van der Waals surface area contributed by atoms with E-state index in [4.69, 9.17) is 9.40 Å². The lowest BCUT2D eigenvalue weighted by Crippen LogP contribution is -2.35. The van der Waals surface area contributed by atoms with Crippen LogP contribution in [0.2, 0.25) is 0 Å². The maximum atomic E-state index is 10.2. The minimum absolute atomic E-state index is 0.175. The highest BCUT2D eigenvalue weighted by molar-refractivity contribution is 5.45. The molecule has 1 saturated heterocycles. The molecule has 1 fully saturated rings. The molecule has 1 aliphatic rings. The molecule has 0 saturated carbocycles. The Hall–Kier alpha value is -1.66. The topological polar surface area (TPSA) is 67.3 Å². The van der Waals surface area contributed by atoms with Gasteiger partial charge < -0.3 is 9.52 Å². The number of furan rings is 1. The van der Waals surface area contributed by atoms with Crippen LogP contribution in [-0.2, 0) is 6.54 Å². The molecular weight excluding hydrogens is 292 g/mol. The van der Waals surface area contributed by atoms with E-state index in [1.54, 1.807) is 20.1 Å². The number of nitrogens with zero attached hydrogens (tertiary/aromatic N) is 4. The zero-order valence-corrected chi connectivity index (χ0v) is 14.2. The van der Waals surface area contributed by atoms with E-state index in [-0.39, 0.29) is 6.04 Å². The summed E-state index contributed by atoms with van der Waals surface area (Å²) < 4.78 is 7.26. The lowest BCUT2D eigenvalue weighted by atomic mass is 10.1. The van der Waals surface area contributed by atoms with Crippen molar-refractivity contribution in [2.24, 2.45) is 0 Å². The molecule has 0 bridgehead atoms. The second-order valence-corrected chi connectivity index (χ2v) is 7.01. The molecular formula is C17H26N4O2. The first-order valence-corrected chi connectivity index (χ1v) is 8.39. The van der Waals surface area contributed by atoms with E-state index in [0.29, 0.717) is 18.1 Å². The largest absolute Gasteiger partial charge is 0.461 e. The van der Waals surface area contributed by atoms with Gasteiger partial charge in [0.1, 0.15) is 5.82 Å². The van der Waals surface area contributed by atoms with Gasteiger partial charge in [-0.15, -0.1) is 5.10 Å². The third kappa shape index (κ3) is 3.82. The second-order valence-electron chi connectivity index (χ2n) is 7.01. The van der Waals surface area contributed by atoms with Crippen molar-refractivity contribution in [1.82, 2.24) is 19.7 Å². The summed E-state index contributed by atoms with van der Waals surface area (Å²) in [6.07, 6.45) is 5.39. The molecule has 3 rings (SSSR count). The van der Waals surface area contributed by atoms with Crippen LogP contribution in [0.25, 0.3) is 11.6 Å². The summed E-state index contributed by atoms with van der Waals surface area (Å²) in [4.78, 5) is 7.16. The monoisotopic (exact) mass is 318 g/mol. The summed E-state index contributed by atoms with van der Waals surface area (Å²) in [6, 6.07) is 3.87. The van der Waals surface area contributed by atoms with Gasteiger partial charge in [0.25, 0.3) is 0 Å². The van der Waals surface area contributed by atoms with E-state index < -0.39 is 5.60 Å². The van der Waals surface area contributed by atoms with Gasteiger partial charge in [-0.3, -0.25) is 4.90 Å². The van der Waals surface area contributed by atoms with Crippen molar-refractivity contribution in [3.8, 4) is 11.6 Å². The Morgan fingerprint density at radius 3 is 2.65 bits per heavy atom. The minimum atomic E-state index is -0.843. The average Bonchev–Trinajstić information content (AvgIpc) is 3.15. The zero-order chi connectivity index (χ0) is 16.4. The average molecular weight is 318 g/mol. The number of piperidine rings is 1. The summed E-state index contributed by atoms with van der Waals surface area (Å²) in [5.74, 6) is 2.13. The highest BCUT2D eigenvalue weighted by Gasteiger charge is 2.27. The first kappa shape index (κ1) is 16.2. The number of hydrogen-bond donors (Lipinski definition) is 1. The number of rotatable bonds is 5. The van der Waals surface area contributed by atoms with Gasteiger partial charge in [0.2, 0.25) is 5.82 Å². The number of aromatic nitrogens is 3. The predicted molar refractivity (Wildman–Crippen MR) is 87.9 cm³/mol. The number of likely N-dealkylation sites (tertiary alicyclic amines) is 1. The van der Waals surface area contributed by atoms with Crippen LogP contribution in [-0.4, -0.2) is 43.5 Å². The summed E-state index contributed by atoms with van der Waals surface area (Å²) in [5.41, 5.74) is -0.843. The molecule has 0 amide bonds. The van der Waals surface area contributed by atoms with E-state index in [0.717, 1.165) is 18.9 Å². The zero-order valence-electron chi connectivity index (χ0n) is 14.2. The van der Waals surface area contributed by atoms with Crippen molar-refractivity contribution >= 4 is 0 Å². The summed E-state index contributed by atoms with van der Waals surface area (Å²) in [7, 11) is 0. The van der Waals surface area contributed by atoms with Crippen LogP contribution in [0.15, 0.2) is 22.8 Å². The van der Waals surface area contributed by atoms with Gasteiger partial charge in [-0.05, 0) is 58.8 Å². The Kier molecular flexibility index (Phi) is 4.55. The predicted octanol–water partition coefficient (Wildman–Crippen LogP) is 2.86. The number of hydrogen-bond acceptors (Lipinski definition) is 5. The molecule has 126 valence electrons. The molecule has 0 spiro atoms. The Labute approximate surface area is 137 Å². The van der Waals surface area contributed by atoms with Crippen LogP contribution in [0, 0.1) is 0 Å². The van der Waals surface area contributed by atoms with Crippen LogP contribution in [0.4, 0.5) is 0 Å². The smallest absolute Gasteiger partial charge is 0.217 e. The van der Waals surface area contributed by atoms with Gasteiger partial charge >= 0.3 is 0 Å². The lowest BCUT2D eigenvalue weighted by molar-refractivity contribution is 0.0541. The van der Waals surface area contributed by atoms with Crippen LogP contribution in [0.5, 0.6) is 0 Å². The van der Waals surface area contributed by atoms with Gasteiger partial charge in [-0.1, -0.05) is 6.42 Å². The van der Waals surface area contributed by atoms with Crippen molar-refractivity contribution in [2.45, 2.75) is 58.2 Å². The van der Waals surface area contributed by atoms with Crippen LogP contribution < -0.4 is 0 Å². The van der Waals surface area contributed by atoms with Gasteiger partial charge in [-0.2, -0.15) is 0 Å². The summed E-state index contributed by atoms with van der Waals surface area (Å²) in [6.45, 7) is 8.34. The first-order valence-electron chi connectivity index (χ1n) is 8.39. The lowest BCUT2D eigenvalue weighted by Gasteiger charge is -2.32. The highest BCUT2D eigenvalue weighted by Crippen LogP contribution is 2.26. The van der Waals surface area contributed by atoms with Gasteiger partial charge in [0.15, 0.2) is 5.76 Å². The molecule has 2 aromatic heterocycles. The van der Waals surface area contributed by atoms with Crippen molar-refractivity contribution in [2.75, 3.05) is 13.1 Å². The van der Waals surface area contributed by atoms with Crippen molar-refractivity contribution in [3.63, 3.8) is 0 Å².